The highest BCUT2D eigenvalue weighted by atomic mass is 35.5. The minimum atomic E-state index is -4.30. The summed E-state index contributed by atoms with van der Waals surface area (Å²) < 4.78 is 55.8. The van der Waals surface area contributed by atoms with Crippen LogP contribution in [0.2, 0.25) is 10.0 Å². The molecule has 0 aliphatic heterocycles. The van der Waals surface area contributed by atoms with Gasteiger partial charge in [-0.05, 0) is 30.3 Å². The Bertz CT molecular complexity index is 1160. The standard InChI is InChI=1S/C17H11Cl2F2N3O3S/c1-24-8-14(22-16(24)15-12(20)3-2-4-13(15)21)17(25)23-28(26,27)11-6-9(18)5-10(19)7-11/h2-8H,1H3,(H,23,25). The molecule has 0 saturated carbocycles. The van der Waals surface area contributed by atoms with Crippen LogP contribution < -0.4 is 4.72 Å². The minimum absolute atomic E-state index is 0.0653. The zero-order chi connectivity index (χ0) is 20.6. The number of carbonyl (C=O) groups is 1. The number of halogens is 4. The molecule has 0 spiro atoms. The molecule has 3 aromatic rings. The number of amides is 1. The summed E-state index contributed by atoms with van der Waals surface area (Å²) in [5.41, 5.74) is -0.787. The summed E-state index contributed by atoms with van der Waals surface area (Å²) >= 11 is 11.6. The third-order valence-corrected chi connectivity index (χ3v) is 5.42. The highest BCUT2D eigenvalue weighted by molar-refractivity contribution is 7.90. The lowest BCUT2D eigenvalue weighted by Gasteiger charge is -2.06. The van der Waals surface area contributed by atoms with Gasteiger partial charge in [0.15, 0.2) is 0 Å². The largest absolute Gasteiger partial charge is 0.333 e. The number of aromatic nitrogens is 2. The maximum Gasteiger partial charge on any atom is 0.285 e. The average Bonchev–Trinajstić information content (AvgIpc) is 2.95. The average molecular weight is 446 g/mol. The van der Waals surface area contributed by atoms with E-state index in [9.17, 15) is 22.0 Å². The number of rotatable bonds is 4. The molecule has 0 aliphatic rings. The topological polar surface area (TPSA) is 81.1 Å². The minimum Gasteiger partial charge on any atom is -0.333 e. The Hall–Kier alpha value is -2.49. The fourth-order valence-corrected chi connectivity index (χ4v) is 4.12. The van der Waals surface area contributed by atoms with Crippen molar-refractivity contribution in [3.05, 3.63) is 70.0 Å². The molecule has 0 fully saturated rings. The molecule has 6 nitrogen and oxygen atoms in total. The van der Waals surface area contributed by atoms with E-state index in [1.165, 1.54) is 23.7 Å². The Morgan fingerprint density at radius 2 is 1.68 bits per heavy atom. The van der Waals surface area contributed by atoms with Crippen LogP contribution in [-0.4, -0.2) is 23.9 Å². The first kappa shape index (κ1) is 20.2. The van der Waals surface area contributed by atoms with Crippen molar-refractivity contribution in [2.45, 2.75) is 4.90 Å². The summed E-state index contributed by atoms with van der Waals surface area (Å²) in [6.45, 7) is 0. The monoisotopic (exact) mass is 445 g/mol. The Labute approximate surface area is 168 Å². The van der Waals surface area contributed by atoms with E-state index < -0.39 is 33.1 Å². The van der Waals surface area contributed by atoms with Gasteiger partial charge in [-0.3, -0.25) is 4.79 Å². The van der Waals surface area contributed by atoms with Gasteiger partial charge in [-0.15, -0.1) is 0 Å². The highest BCUT2D eigenvalue weighted by Gasteiger charge is 2.24. The van der Waals surface area contributed by atoms with Crippen LogP contribution in [0.3, 0.4) is 0 Å². The number of sulfonamides is 1. The normalized spacial score (nSPS) is 11.5. The van der Waals surface area contributed by atoms with Gasteiger partial charge in [-0.1, -0.05) is 29.3 Å². The molecule has 1 amide bonds. The van der Waals surface area contributed by atoms with Crippen molar-refractivity contribution in [3.63, 3.8) is 0 Å². The number of nitrogens with zero attached hydrogens (tertiary/aromatic N) is 2. The second-order valence-electron chi connectivity index (χ2n) is 5.70. The summed E-state index contributed by atoms with van der Waals surface area (Å²) in [4.78, 5) is 15.9. The molecular weight excluding hydrogens is 435 g/mol. The number of nitrogens with one attached hydrogen (secondary N) is 1. The van der Waals surface area contributed by atoms with Gasteiger partial charge in [-0.25, -0.2) is 26.9 Å². The van der Waals surface area contributed by atoms with Crippen LogP contribution >= 0.6 is 23.2 Å². The van der Waals surface area contributed by atoms with E-state index in [2.05, 4.69) is 4.98 Å². The van der Waals surface area contributed by atoms with Gasteiger partial charge >= 0.3 is 0 Å². The molecule has 3 rings (SSSR count). The fourth-order valence-electron chi connectivity index (χ4n) is 2.44. The van der Waals surface area contributed by atoms with Crippen LogP contribution in [0.1, 0.15) is 10.5 Å². The van der Waals surface area contributed by atoms with Crippen LogP contribution in [-0.2, 0) is 17.1 Å². The van der Waals surface area contributed by atoms with Crippen molar-refractivity contribution in [1.82, 2.24) is 14.3 Å². The van der Waals surface area contributed by atoms with Crippen LogP contribution in [0.4, 0.5) is 8.78 Å². The van der Waals surface area contributed by atoms with Crippen molar-refractivity contribution >= 4 is 39.1 Å². The van der Waals surface area contributed by atoms with E-state index in [0.717, 1.165) is 30.5 Å². The molecule has 146 valence electrons. The summed E-state index contributed by atoms with van der Waals surface area (Å²) in [5, 5.41) is 0.131. The maximum absolute atomic E-state index is 14.0. The highest BCUT2D eigenvalue weighted by Crippen LogP contribution is 2.25. The molecule has 0 radical (unpaired) electrons. The van der Waals surface area contributed by atoms with Crippen molar-refractivity contribution in [1.29, 1.82) is 0 Å². The number of hydrogen-bond donors (Lipinski definition) is 1. The third-order valence-electron chi connectivity index (χ3n) is 3.67. The molecule has 1 N–H and O–H groups in total. The SMILES string of the molecule is Cn1cc(C(=O)NS(=O)(=O)c2cc(Cl)cc(Cl)c2)nc1-c1c(F)cccc1F. The predicted octanol–water partition coefficient (Wildman–Crippen LogP) is 3.79. The molecule has 2 aromatic carbocycles. The van der Waals surface area contributed by atoms with Gasteiger partial charge in [0.1, 0.15) is 23.2 Å². The van der Waals surface area contributed by atoms with E-state index in [-0.39, 0.29) is 26.5 Å². The quantitative estimate of drug-likeness (QED) is 0.662. The Kier molecular flexibility index (Phi) is 5.42. The molecule has 0 aliphatic carbocycles. The van der Waals surface area contributed by atoms with E-state index in [1.807, 2.05) is 4.72 Å². The van der Waals surface area contributed by atoms with E-state index in [4.69, 9.17) is 23.2 Å². The van der Waals surface area contributed by atoms with Gasteiger partial charge in [0, 0.05) is 23.3 Å². The Morgan fingerprint density at radius 3 is 2.25 bits per heavy atom. The smallest absolute Gasteiger partial charge is 0.285 e. The summed E-state index contributed by atoms with van der Waals surface area (Å²) in [6.07, 6.45) is 1.15. The Balaban J connectivity index is 1.94. The lowest BCUT2D eigenvalue weighted by atomic mass is 10.2. The van der Waals surface area contributed by atoms with E-state index >= 15 is 0 Å². The van der Waals surface area contributed by atoms with Gasteiger partial charge in [0.05, 0.1) is 10.5 Å². The molecule has 1 aromatic heterocycles. The number of imidazole rings is 1. The number of benzene rings is 2. The fraction of sp³-hybridized carbons (Fsp3) is 0.0588. The molecular formula is C17H11Cl2F2N3O3S. The van der Waals surface area contributed by atoms with Crippen molar-refractivity contribution in [3.8, 4) is 11.4 Å². The summed E-state index contributed by atoms with van der Waals surface area (Å²) in [6, 6.07) is 6.83. The van der Waals surface area contributed by atoms with Gasteiger partial charge in [-0.2, -0.15) is 0 Å². The summed E-state index contributed by atoms with van der Waals surface area (Å²) in [5.74, 6) is -3.01. The number of carbonyl (C=O) groups excluding carboxylic acids is 1. The van der Waals surface area contributed by atoms with Crippen LogP contribution in [0, 0.1) is 11.6 Å². The van der Waals surface area contributed by atoms with Gasteiger partial charge in [0.2, 0.25) is 0 Å². The predicted molar refractivity (Wildman–Crippen MR) is 99.7 cm³/mol. The molecule has 0 atom stereocenters. The lowest BCUT2D eigenvalue weighted by Crippen LogP contribution is -2.30. The van der Waals surface area contributed by atoms with Crippen LogP contribution in [0.15, 0.2) is 47.5 Å². The van der Waals surface area contributed by atoms with Gasteiger partial charge in [0.25, 0.3) is 15.9 Å². The van der Waals surface area contributed by atoms with Crippen molar-refractivity contribution < 1.29 is 22.0 Å². The second-order valence-corrected chi connectivity index (χ2v) is 8.25. The Morgan fingerprint density at radius 1 is 1.11 bits per heavy atom. The molecule has 0 bridgehead atoms. The first-order valence-corrected chi connectivity index (χ1v) is 9.83. The van der Waals surface area contributed by atoms with Crippen LogP contribution in [0.5, 0.6) is 0 Å². The van der Waals surface area contributed by atoms with Gasteiger partial charge < -0.3 is 4.57 Å². The number of hydrogen-bond acceptors (Lipinski definition) is 4. The van der Waals surface area contributed by atoms with Crippen LogP contribution in [0.25, 0.3) is 11.4 Å². The first-order valence-electron chi connectivity index (χ1n) is 7.59. The third kappa shape index (κ3) is 4.01. The molecule has 1 heterocycles. The second kappa shape index (κ2) is 7.50. The zero-order valence-corrected chi connectivity index (χ0v) is 16.4. The van der Waals surface area contributed by atoms with Crippen molar-refractivity contribution in [2.24, 2.45) is 7.05 Å². The molecule has 0 unspecified atom stereocenters. The van der Waals surface area contributed by atoms with E-state index in [0.29, 0.717) is 0 Å². The zero-order valence-electron chi connectivity index (χ0n) is 14.1. The maximum atomic E-state index is 14.0. The summed E-state index contributed by atoms with van der Waals surface area (Å²) in [7, 11) is -2.89. The molecule has 28 heavy (non-hydrogen) atoms. The molecule has 11 heteroatoms. The van der Waals surface area contributed by atoms with Crippen molar-refractivity contribution in [2.75, 3.05) is 0 Å². The lowest BCUT2D eigenvalue weighted by molar-refractivity contribution is 0.0977. The molecule has 0 saturated heterocycles. The number of aryl methyl sites for hydroxylation is 1. The van der Waals surface area contributed by atoms with E-state index in [1.54, 1.807) is 0 Å². The first-order chi connectivity index (χ1) is 13.1.